The van der Waals surface area contributed by atoms with Crippen LogP contribution in [0, 0.1) is 19.7 Å². The van der Waals surface area contributed by atoms with Crippen molar-refractivity contribution >= 4 is 29.3 Å². The number of hydrogen-bond donors (Lipinski definition) is 3. The Morgan fingerprint density at radius 1 is 1.12 bits per heavy atom. The highest BCUT2D eigenvalue weighted by molar-refractivity contribution is 8.00. The summed E-state index contributed by atoms with van der Waals surface area (Å²) in [4.78, 5) is 38.2. The van der Waals surface area contributed by atoms with Crippen LogP contribution >= 0.6 is 11.8 Å². The van der Waals surface area contributed by atoms with Crippen LogP contribution < -0.4 is 16.2 Å². The first kappa shape index (κ1) is 19.7. The summed E-state index contributed by atoms with van der Waals surface area (Å²) in [5.74, 6) is -0.727. The zero-order valence-electron chi connectivity index (χ0n) is 14.5. The molecule has 1 heterocycles. The number of pyridine rings is 1. The fraction of sp³-hybridized carbons (Fsp3) is 0.278. The number of carbonyl (C=O) groups excluding carboxylic acids is 2. The molecule has 2 aromatic rings. The maximum absolute atomic E-state index is 12.8. The Morgan fingerprint density at radius 3 is 2.42 bits per heavy atom. The number of benzene rings is 1. The highest BCUT2D eigenvalue weighted by Crippen LogP contribution is 2.09. The number of aromatic amines is 1. The topological polar surface area (TPSA) is 91.1 Å². The van der Waals surface area contributed by atoms with E-state index in [0.717, 1.165) is 23.0 Å². The first-order valence-electron chi connectivity index (χ1n) is 7.94. The van der Waals surface area contributed by atoms with E-state index >= 15 is 0 Å². The van der Waals surface area contributed by atoms with E-state index in [9.17, 15) is 18.8 Å². The molecule has 0 saturated heterocycles. The summed E-state index contributed by atoms with van der Waals surface area (Å²) in [7, 11) is 0. The minimum Gasteiger partial charge on any atom is -0.351 e. The predicted molar refractivity (Wildman–Crippen MR) is 101 cm³/mol. The molecule has 0 radical (unpaired) electrons. The van der Waals surface area contributed by atoms with Gasteiger partial charge in [-0.2, -0.15) is 0 Å². The largest absolute Gasteiger partial charge is 0.351 e. The van der Waals surface area contributed by atoms with Gasteiger partial charge in [0.15, 0.2) is 0 Å². The predicted octanol–water partition coefficient (Wildman–Crippen LogP) is 2.12. The number of anilines is 1. The number of amides is 2. The van der Waals surface area contributed by atoms with E-state index in [-0.39, 0.29) is 41.2 Å². The second kappa shape index (κ2) is 9.19. The number of halogens is 1. The van der Waals surface area contributed by atoms with E-state index < -0.39 is 0 Å². The SMILES string of the molecule is Cc1cc(C)c(CNC(=O)CSCC(=O)Nc2ccc(F)cc2)c(=O)[nH]1. The van der Waals surface area contributed by atoms with E-state index in [1.807, 2.05) is 13.0 Å². The number of aromatic nitrogens is 1. The molecule has 26 heavy (non-hydrogen) atoms. The number of hydrogen-bond acceptors (Lipinski definition) is 4. The zero-order valence-corrected chi connectivity index (χ0v) is 15.3. The van der Waals surface area contributed by atoms with Gasteiger partial charge in [-0.1, -0.05) is 0 Å². The molecule has 1 aromatic heterocycles. The third-order valence-corrected chi connectivity index (χ3v) is 4.48. The van der Waals surface area contributed by atoms with Crippen LogP contribution in [0.15, 0.2) is 35.1 Å². The Labute approximate surface area is 154 Å². The Bertz CT molecular complexity index is 850. The molecule has 0 fully saturated rings. The molecule has 1 aromatic carbocycles. The Kier molecular flexibility index (Phi) is 6.97. The molecule has 0 unspecified atom stereocenters. The second-order valence-electron chi connectivity index (χ2n) is 5.77. The molecule has 0 aliphatic rings. The van der Waals surface area contributed by atoms with Gasteiger partial charge in [-0.3, -0.25) is 14.4 Å². The lowest BCUT2D eigenvalue weighted by molar-refractivity contribution is -0.118. The Hall–Kier alpha value is -2.61. The molecule has 3 N–H and O–H groups in total. The van der Waals surface area contributed by atoms with Crippen molar-refractivity contribution in [3.8, 4) is 0 Å². The average molecular weight is 377 g/mol. The molecule has 138 valence electrons. The van der Waals surface area contributed by atoms with Crippen LogP contribution in [0.5, 0.6) is 0 Å². The molecule has 0 atom stereocenters. The highest BCUT2D eigenvalue weighted by Gasteiger charge is 2.09. The van der Waals surface area contributed by atoms with Crippen LogP contribution in [0.4, 0.5) is 10.1 Å². The molecule has 8 heteroatoms. The van der Waals surface area contributed by atoms with Gasteiger partial charge in [-0.05, 0) is 49.7 Å². The first-order valence-corrected chi connectivity index (χ1v) is 9.10. The molecular formula is C18H20FN3O3S. The van der Waals surface area contributed by atoms with Gasteiger partial charge in [0.2, 0.25) is 11.8 Å². The third kappa shape index (κ3) is 6.03. The van der Waals surface area contributed by atoms with E-state index in [2.05, 4.69) is 15.6 Å². The van der Waals surface area contributed by atoms with Crippen LogP contribution in [-0.2, 0) is 16.1 Å². The van der Waals surface area contributed by atoms with E-state index in [1.54, 1.807) is 6.92 Å². The summed E-state index contributed by atoms with van der Waals surface area (Å²) in [6.45, 7) is 3.76. The Morgan fingerprint density at radius 2 is 1.77 bits per heavy atom. The van der Waals surface area contributed by atoms with Crippen LogP contribution in [0.1, 0.15) is 16.8 Å². The van der Waals surface area contributed by atoms with Crippen LogP contribution in [0.25, 0.3) is 0 Å². The van der Waals surface area contributed by atoms with Crippen molar-refractivity contribution in [1.29, 1.82) is 0 Å². The fourth-order valence-corrected chi connectivity index (χ4v) is 2.95. The lowest BCUT2D eigenvalue weighted by Crippen LogP contribution is -2.29. The van der Waals surface area contributed by atoms with Crippen molar-refractivity contribution in [3.05, 3.63) is 63.3 Å². The first-order chi connectivity index (χ1) is 12.3. The molecule has 0 saturated carbocycles. The smallest absolute Gasteiger partial charge is 0.253 e. The number of H-pyrrole nitrogens is 1. The lowest BCUT2D eigenvalue weighted by Gasteiger charge is -2.08. The molecule has 0 spiro atoms. The number of aryl methyl sites for hydroxylation is 2. The van der Waals surface area contributed by atoms with Gasteiger partial charge < -0.3 is 15.6 Å². The van der Waals surface area contributed by atoms with Crippen molar-refractivity contribution in [3.63, 3.8) is 0 Å². The van der Waals surface area contributed by atoms with Crippen LogP contribution in [0.3, 0.4) is 0 Å². The average Bonchev–Trinajstić information content (AvgIpc) is 2.56. The molecule has 2 rings (SSSR count). The molecule has 0 aliphatic heterocycles. The monoisotopic (exact) mass is 377 g/mol. The van der Waals surface area contributed by atoms with Crippen molar-refractivity contribution in [1.82, 2.24) is 10.3 Å². The van der Waals surface area contributed by atoms with Crippen molar-refractivity contribution in [2.24, 2.45) is 0 Å². The van der Waals surface area contributed by atoms with Gasteiger partial charge in [0.1, 0.15) is 5.82 Å². The van der Waals surface area contributed by atoms with Gasteiger partial charge in [0, 0.05) is 23.5 Å². The van der Waals surface area contributed by atoms with E-state index in [0.29, 0.717) is 11.3 Å². The molecule has 0 bridgehead atoms. The van der Waals surface area contributed by atoms with Crippen LogP contribution in [0.2, 0.25) is 0 Å². The number of rotatable bonds is 7. The lowest BCUT2D eigenvalue weighted by atomic mass is 10.1. The molecular weight excluding hydrogens is 357 g/mol. The minimum absolute atomic E-state index is 0.0922. The second-order valence-corrected chi connectivity index (χ2v) is 6.75. The summed E-state index contributed by atoms with van der Waals surface area (Å²) in [6.07, 6.45) is 0. The summed E-state index contributed by atoms with van der Waals surface area (Å²) >= 11 is 1.15. The van der Waals surface area contributed by atoms with Crippen molar-refractivity contribution in [2.75, 3.05) is 16.8 Å². The minimum atomic E-state index is -0.378. The van der Waals surface area contributed by atoms with Gasteiger partial charge in [0.05, 0.1) is 11.5 Å². The fourth-order valence-electron chi connectivity index (χ4n) is 2.31. The molecule has 2 amide bonds. The van der Waals surface area contributed by atoms with Gasteiger partial charge in [-0.25, -0.2) is 4.39 Å². The molecule has 6 nitrogen and oxygen atoms in total. The maximum atomic E-state index is 12.8. The standard InChI is InChI=1S/C18H20FN3O3S/c1-11-7-12(2)21-18(25)15(11)8-20-16(23)9-26-10-17(24)22-14-5-3-13(19)4-6-14/h3-7H,8-10H2,1-2H3,(H,20,23)(H,21,25)(H,22,24). The van der Waals surface area contributed by atoms with Gasteiger partial charge in [0.25, 0.3) is 5.56 Å². The van der Waals surface area contributed by atoms with E-state index in [4.69, 9.17) is 0 Å². The third-order valence-electron chi connectivity index (χ3n) is 3.55. The number of thioether (sulfide) groups is 1. The zero-order chi connectivity index (χ0) is 19.1. The number of nitrogens with one attached hydrogen (secondary N) is 3. The van der Waals surface area contributed by atoms with Gasteiger partial charge in [-0.15, -0.1) is 11.8 Å². The quantitative estimate of drug-likeness (QED) is 0.689. The van der Waals surface area contributed by atoms with Crippen LogP contribution in [-0.4, -0.2) is 28.3 Å². The van der Waals surface area contributed by atoms with Crippen molar-refractivity contribution < 1.29 is 14.0 Å². The van der Waals surface area contributed by atoms with Gasteiger partial charge >= 0.3 is 0 Å². The summed E-state index contributed by atoms with van der Waals surface area (Å²) in [5, 5.41) is 5.29. The highest BCUT2D eigenvalue weighted by atomic mass is 32.2. The summed E-state index contributed by atoms with van der Waals surface area (Å²) in [6, 6.07) is 7.28. The normalized spacial score (nSPS) is 10.4. The summed E-state index contributed by atoms with van der Waals surface area (Å²) < 4.78 is 12.8. The van der Waals surface area contributed by atoms with Crippen molar-refractivity contribution in [2.45, 2.75) is 20.4 Å². The maximum Gasteiger partial charge on any atom is 0.253 e. The summed E-state index contributed by atoms with van der Waals surface area (Å²) in [5.41, 5.74) is 2.39. The Balaban J connectivity index is 1.73. The molecule has 0 aliphatic carbocycles. The number of carbonyl (C=O) groups is 2. The van der Waals surface area contributed by atoms with E-state index in [1.165, 1.54) is 24.3 Å².